The first-order chi connectivity index (χ1) is 11.3. The van der Waals surface area contributed by atoms with Crippen LogP contribution in [0.5, 0.6) is 0 Å². The minimum Gasteiger partial charge on any atom is -0.369 e. The van der Waals surface area contributed by atoms with Gasteiger partial charge in [-0.05, 0) is 31.4 Å². The quantitative estimate of drug-likeness (QED) is 0.850. The highest BCUT2D eigenvalue weighted by Gasteiger charge is 2.29. The number of nitriles is 1. The van der Waals surface area contributed by atoms with Crippen molar-refractivity contribution in [2.24, 2.45) is 0 Å². The Balaban J connectivity index is 1.64. The van der Waals surface area contributed by atoms with Gasteiger partial charge in [-0.25, -0.2) is 0 Å². The van der Waals surface area contributed by atoms with Crippen LogP contribution < -0.4 is 4.90 Å². The molecular weight excluding hydrogens is 310 g/mol. The van der Waals surface area contributed by atoms with Gasteiger partial charge < -0.3 is 9.47 Å². The smallest absolute Gasteiger partial charge is 0.137 e. The molecule has 0 aliphatic carbocycles. The minimum absolute atomic E-state index is 0.353. The number of anilines is 1. The van der Waals surface area contributed by atoms with Crippen molar-refractivity contribution in [3.63, 3.8) is 0 Å². The van der Waals surface area contributed by atoms with Crippen LogP contribution in [0.15, 0.2) is 18.2 Å². The molecule has 2 aliphatic heterocycles. The van der Waals surface area contributed by atoms with E-state index in [-0.39, 0.29) is 0 Å². The average molecular weight is 328 g/mol. The maximum atomic E-state index is 9.39. The summed E-state index contributed by atoms with van der Waals surface area (Å²) < 4.78 is 2.28. The maximum Gasteiger partial charge on any atom is 0.137 e. The van der Waals surface area contributed by atoms with Crippen molar-refractivity contribution in [3.8, 4) is 6.07 Å². The number of fused-ring (bicyclic) bond motifs is 1. The monoisotopic (exact) mass is 327 g/mol. The van der Waals surface area contributed by atoms with E-state index in [2.05, 4.69) is 25.7 Å². The van der Waals surface area contributed by atoms with Crippen molar-refractivity contribution in [1.82, 2.24) is 14.8 Å². The Labute approximate surface area is 140 Å². The highest BCUT2D eigenvalue weighted by atomic mass is 35.5. The molecule has 1 unspecified atom stereocenters. The molecule has 0 radical (unpaired) electrons. The number of rotatable bonds is 2. The molecule has 23 heavy (non-hydrogen) atoms. The van der Waals surface area contributed by atoms with Crippen LogP contribution in [-0.4, -0.2) is 27.9 Å². The molecule has 1 aromatic heterocycles. The summed E-state index contributed by atoms with van der Waals surface area (Å²) in [7, 11) is 0. The van der Waals surface area contributed by atoms with Crippen molar-refractivity contribution < 1.29 is 0 Å². The fraction of sp³-hybridized carbons (Fsp3) is 0.471. The molecule has 1 atom stereocenters. The van der Waals surface area contributed by atoms with Gasteiger partial charge in [-0.2, -0.15) is 5.26 Å². The third-order valence-electron chi connectivity index (χ3n) is 4.85. The van der Waals surface area contributed by atoms with E-state index >= 15 is 0 Å². The van der Waals surface area contributed by atoms with Gasteiger partial charge in [0, 0.05) is 32.0 Å². The molecule has 4 rings (SSSR count). The van der Waals surface area contributed by atoms with Crippen LogP contribution in [0.3, 0.4) is 0 Å². The summed E-state index contributed by atoms with van der Waals surface area (Å²) in [6.07, 6.45) is 4.38. The second-order valence-electron chi connectivity index (χ2n) is 6.26. The van der Waals surface area contributed by atoms with Gasteiger partial charge in [0.15, 0.2) is 0 Å². The van der Waals surface area contributed by atoms with E-state index in [4.69, 9.17) is 11.6 Å². The van der Waals surface area contributed by atoms with Crippen LogP contribution in [0.25, 0.3) is 0 Å². The molecular formula is C17H18ClN5. The van der Waals surface area contributed by atoms with Crippen molar-refractivity contribution in [3.05, 3.63) is 40.4 Å². The summed E-state index contributed by atoms with van der Waals surface area (Å²) in [5.74, 6) is 2.58. The minimum atomic E-state index is 0.353. The number of aromatic nitrogens is 3. The van der Waals surface area contributed by atoms with Gasteiger partial charge in [-0.15, -0.1) is 10.2 Å². The van der Waals surface area contributed by atoms with E-state index in [0.717, 1.165) is 62.7 Å². The van der Waals surface area contributed by atoms with Gasteiger partial charge >= 0.3 is 0 Å². The van der Waals surface area contributed by atoms with Crippen molar-refractivity contribution >= 4 is 17.3 Å². The van der Waals surface area contributed by atoms with Crippen LogP contribution in [0, 0.1) is 11.3 Å². The molecule has 0 bridgehead atoms. The fourth-order valence-electron chi connectivity index (χ4n) is 3.79. The Kier molecular flexibility index (Phi) is 3.70. The van der Waals surface area contributed by atoms with E-state index in [9.17, 15) is 5.26 Å². The summed E-state index contributed by atoms with van der Waals surface area (Å²) in [5.41, 5.74) is 1.51. The van der Waals surface area contributed by atoms with Crippen molar-refractivity contribution in [2.75, 3.05) is 18.0 Å². The molecule has 3 heterocycles. The highest BCUT2D eigenvalue weighted by molar-refractivity contribution is 6.33. The zero-order valence-corrected chi connectivity index (χ0v) is 13.6. The van der Waals surface area contributed by atoms with E-state index in [0.29, 0.717) is 16.5 Å². The van der Waals surface area contributed by atoms with Crippen LogP contribution in [0.2, 0.25) is 5.02 Å². The Morgan fingerprint density at radius 1 is 1.22 bits per heavy atom. The van der Waals surface area contributed by atoms with E-state index in [1.165, 1.54) is 0 Å². The first-order valence-electron chi connectivity index (χ1n) is 8.13. The van der Waals surface area contributed by atoms with Gasteiger partial charge in [-0.1, -0.05) is 17.7 Å². The lowest BCUT2D eigenvalue weighted by molar-refractivity contribution is 0.473. The predicted molar refractivity (Wildman–Crippen MR) is 88.7 cm³/mol. The molecule has 5 nitrogen and oxygen atoms in total. The molecule has 1 aromatic carbocycles. The SMILES string of the molecule is N#Cc1cccc(Cl)c1N1CCCC(c2nnc3n2CCC3)C1. The standard InChI is InChI=1S/C17H18ClN5/c18-14-6-1-4-12(10-19)16(14)22-8-2-5-13(11-22)17-21-20-15-7-3-9-23(15)17/h1,4,6,13H,2-3,5,7-9,11H2. The number of para-hydroxylation sites is 1. The molecule has 2 aromatic rings. The molecule has 0 N–H and O–H groups in total. The van der Waals surface area contributed by atoms with Gasteiger partial charge in [0.25, 0.3) is 0 Å². The Morgan fingerprint density at radius 3 is 3.00 bits per heavy atom. The summed E-state index contributed by atoms with van der Waals surface area (Å²) in [6, 6.07) is 7.79. The lowest BCUT2D eigenvalue weighted by atomic mass is 9.96. The zero-order valence-electron chi connectivity index (χ0n) is 12.9. The van der Waals surface area contributed by atoms with Crippen LogP contribution >= 0.6 is 11.6 Å². The van der Waals surface area contributed by atoms with Gasteiger partial charge in [-0.3, -0.25) is 0 Å². The number of nitrogens with zero attached hydrogens (tertiary/aromatic N) is 5. The molecule has 0 saturated carbocycles. The van der Waals surface area contributed by atoms with Gasteiger partial charge in [0.1, 0.15) is 17.7 Å². The normalized spacial score (nSPS) is 20.3. The summed E-state index contributed by atoms with van der Waals surface area (Å²) in [4.78, 5) is 2.24. The first kappa shape index (κ1) is 14.5. The lowest BCUT2D eigenvalue weighted by Gasteiger charge is -2.35. The number of halogens is 1. The van der Waals surface area contributed by atoms with E-state index in [1.54, 1.807) is 0 Å². The second-order valence-corrected chi connectivity index (χ2v) is 6.67. The summed E-state index contributed by atoms with van der Waals surface area (Å²) >= 11 is 6.38. The zero-order chi connectivity index (χ0) is 15.8. The Hall–Kier alpha value is -2.06. The Morgan fingerprint density at radius 2 is 2.13 bits per heavy atom. The summed E-state index contributed by atoms with van der Waals surface area (Å²) in [5, 5.41) is 18.8. The van der Waals surface area contributed by atoms with Crippen molar-refractivity contribution in [2.45, 2.75) is 38.1 Å². The first-order valence-corrected chi connectivity index (χ1v) is 8.51. The van der Waals surface area contributed by atoms with E-state index in [1.807, 2.05) is 18.2 Å². The van der Waals surface area contributed by atoms with Gasteiger partial charge in [0.2, 0.25) is 0 Å². The van der Waals surface area contributed by atoms with Crippen LogP contribution in [-0.2, 0) is 13.0 Å². The lowest BCUT2D eigenvalue weighted by Crippen LogP contribution is -2.36. The number of benzene rings is 1. The van der Waals surface area contributed by atoms with Gasteiger partial charge in [0.05, 0.1) is 16.3 Å². The fourth-order valence-corrected chi connectivity index (χ4v) is 4.09. The molecule has 2 aliphatic rings. The third-order valence-corrected chi connectivity index (χ3v) is 5.15. The molecule has 118 valence electrons. The number of hydrogen-bond acceptors (Lipinski definition) is 4. The van der Waals surface area contributed by atoms with Crippen molar-refractivity contribution in [1.29, 1.82) is 5.26 Å². The molecule has 0 amide bonds. The second kappa shape index (κ2) is 5.86. The summed E-state index contributed by atoms with van der Waals surface area (Å²) in [6.45, 7) is 2.80. The highest BCUT2D eigenvalue weighted by Crippen LogP contribution is 2.35. The number of aryl methyl sites for hydroxylation is 1. The topological polar surface area (TPSA) is 57.7 Å². The van der Waals surface area contributed by atoms with Crippen LogP contribution in [0.1, 0.15) is 42.4 Å². The Bertz CT molecular complexity index is 776. The largest absolute Gasteiger partial charge is 0.369 e. The molecule has 0 spiro atoms. The average Bonchev–Trinajstić information content (AvgIpc) is 3.17. The number of piperidine rings is 1. The molecule has 1 saturated heterocycles. The third kappa shape index (κ3) is 2.47. The number of hydrogen-bond donors (Lipinski definition) is 0. The maximum absolute atomic E-state index is 9.39. The van der Waals surface area contributed by atoms with E-state index < -0.39 is 0 Å². The van der Waals surface area contributed by atoms with Crippen LogP contribution in [0.4, 0.5) is 5.69 Å². The molecule has 6 heteroatoms. The molecule has 1 fully saturated rings. The predicted octanol–water partition coefficient (Wildman–Crippen LogP) is 3.13.